The molecule has 0 saturated heterocycles. The van der Waals surface area contributed by atoms with Crippen LogP contribution in [0.2, 0.25) is 0 Å². The average molecular weight is 764 g/mol. The van der Waals surface area contributed by atoms with E-state index in [4.69, 9.17) is 4.74 Å². The van der Waals surface area contributed by atoms with Gasteiger partial charge in [-0.25, -0.2) is 0 Å². The number of anilines is 3. The lowest BCUT2D eigenvalue weighted by molar-refractivity contribution is -0.139. The first-order valence-electron chi connectivity index (χ1n) is 19.5. The molecule has 4 aromatic carbocycles. The highest BCUT2D eigenvalue weighted by molar-refractivity contribution is 6.15. The number of carbonyl (C=O) groups excluding carboxylic acids is 2. The number of hydrogen-bond donors (Lipinski definition) is 2. The first-order chi connectivity index (χ1) is 27.6. The van der Waals surface area contributed by atoms with Crippen LogP contribution in [0, 0.1) is 5.92 Å². The van der Waals surface area contributed by atoms with Crippen LogP contribution in [0.25, 0.3) is 0 Å². The van der Waals surface area contributed by atoms with Gasteiger partial charge in [-0.3, -0.25) is 19.2 Å². The van der Waals surface area contributed by atoms with Crippen LogP contribution in [0.15, 0.2) is 139 Å². The molecule has 0 saturated carbocycles. The van der Waals surface area contributed by atoms with Crippen molar-refractivity contribution in [3.8, 4) is 11.5 Å². The molecule has 5 aromatic rings. The van der Waals surface area contributed by atoms with Gasteiger partial charge in [0, 0.05) is 36.5 Å². The van der Waals surface area contributed by atoms with E-state index in [0.717, 1.165) is 24.0 Å². The Hall–Kier alpha value is -6.10. The normalized spacial score (nSPS) is 17.5. The summed E-state index contributed by atoms with van der Waals surface area (Å²) in [7, 11) is 0. The molecule has 2 N–H and O–H groups in total. The SMILES string of the molecule is CC(C)=CCC/C(C)=C/CN1C(=O)[C@](O)([C@H](C)/C=C/CCn2cc(C(CO)c3ccccc3)nn2)c2cc(N3C(=O)c4ccccc4Oc4ccccc43)ccc21. The molecule has 1 aromatic heterocycles. The molecule has 10 nitrogen and oxygen atoms in total. The molecule has 10 heteroatoms. The van der Waals surface area contributed by atoms with Gasteiger partial charge >= 0.3 is 0 Å². The molecule has 0 radical (unpaired) electrons. The fraction of sp³-hybridized carbons (Fsp3) is 0.277. The summed E-state index contributed by atoms with van der Waals surface area (Å²) in [5.74, 6) is -0.649. The van der Waals surface area contributed by atoms with E-state index >= 15 is 0 Å². The first-order valence-corrected chi connectivity index (χ1v) is 19.5. The maximum absolute atomic E-state index is 14.5. The second-order valence-electron chi connectivity index (χ2n) is 15.0. The summed E-state index contributed by atoms with van der Waals surface area (Å²) in [6.45, 7) is 8.79. The van der Waals surface area contributed by atoms with Crippen LogP contribution in [-0.2, 0) is 16.9 Å². The Kier molecular flexibility index (Phi) is 11.6. The molecule has 1 unspecified atom stereocenters. The second-order valence-corrected chi connectivity index (χ2v) is 15.0. The number of aryl methyl sites for hydroxylation is 1. The van der Waals surface area contributed by atoms with Gasteiger partial charge in [0.1, 0.15) is 5.75 Å². The van der Waals surface area contributed by atoms with Gasteiger partial charge in [0.2, 0.25) is 0 Å². The van der Waals surface area contributed by atoms with Crippen molar-refractivity contribution in [3.05, 3.63) is 161 Å². The molecule has 0 bridgehead atoms. The molecule has 0 fully saturated rings. The maximum atomic E-state index is 14.5. The van der Waals surface area contributed by atoms with E-state index in [1.165, 1.54) is 5.57 Å². The number of allylic oxidation sites excluding steroid dienone is 4. The van der Waals surface area contributed by atoms with E-state index in [0.29, 0.717) is 64.9 Å². The van der Waals surface area contributed by atoms with Crippen LogP contribution in [0.3, 0.4) is 0 Å². The van der Waals surface area contributed by atoms with E-state index < -0.39 is 17.4 Å². The molecule has 2 aliphatic heterocycles. The summed E-state index contributed by atoms with van der Waals surface area (Å²) >= 11 is 0. The molecular formula is C47H49N5O5. The highest BCUT2D eigenvalue weighted by atomic mass is 16.5. The number of nitrogens with zero attached hydrogens (tertiary/aromatic N) is 5. The molecule has 0 spiro atoms. The zero-order valence-corrected chi connectivity index (χ0v) is 32.9. The standard InChI is InChI=1S/C47H49N5O5/c1-32(2)15-14-16-33(3)26-28-51-41-25-24-36(52-42-21-9-11-23-44(42)57-43-22-10-8-20-37(43)45(52)54)29-39(41)47(56,46(51)55)34(4)17-12-13-27-50-30-40(48-49-50)38(31-53)35-18-6-5-7-19-35/h5-12,15,17-26,29-30,34,38,53,56H,13-14,16,27-28,31H2,1-4H3/b17-12+,33-26+/t34-,38?,47+/m1/s1. The van der Waals surface area contributed by atoms with Gasteiger partial charge in [0.15, 0.2) is 11.4 Å². The fourth-order valence-electron chi connectivity index (χ4n) is 7.54. The van der Waals surface area contributed by atoms with Crippen LogP contribution in [-0.4, -0.2) is 50.2 Å². The minimum absolute atomic E-state index is 0.0856. The summed E-state index contributed by atoms with van der Waals surface area (Å²) in [6.07, 6.45) is 12.2. The van der Waals surface area contributed by atoms with Crippen molar-refractivity contribution in [2.75, 3.05) is 23.0 Å². The molecular weight excluding hydrogens is 715 g/mol. The predicted octanol–water partition coefficient (Wildman–Crippen LogP) is 9.00. The van der Waals surface area contributed by atoms with Crippen molar-refractivity contribution in [1.82, 2.24) is 15.0 Å². The van der Waals surface area contributed by atoms with E-state index in [-0.39, 0.29) is 18.4 Å². The van der Waals surface area contributed by atoms with Gasteiger partial charge in [-0.1, -0.05) is 102 Å². The second kappa shape index (κ2) is 17.0. The summed E-state index contributed by atoms with van der Waals surface area (Å²) in [5, 5.41) is 31.4. The summed E-state index contributed by atoms with van der Waals surface area (Å²) < 4.78 is 7.97. The minimum Gasteiger partial charge on any atom is -0.454 e. The maximum Gasteiger partial charge on any atom is 0.266 e. The van der Waals surface area contributed by atoms with Crippen LogP contribution < -0.4 is 14.5 Å². The Bertz CT molecular complexity index is 2340. The number of aromatic nitrogens is 3. The molecule has 3 heterocycles. The summed E-state index contributed by atoms with van der Waals surface area (Å²) in [4.78, 5) is 32.1. The van der Waals surface area contributed by atoms with Gasteiger partial charge in [0.05, 0.1) is 35.2 Å². The highest BCUT2D eigenvalue weighted by Gasteiger charge is 2.52. The number of fused-ring (bicyclic) bond motifs is 3. The van der Waals surface area contributed by atoms with Crippen LogP contribution in [0.4, 0.5) is 17.1 Å². The molecule has 2 aliphatic rings. The van der Waals surface area contributed by atoms with E-state index in [2.05, 4.69) is 43.2 Å². The number of benzene rings is 4. The number of rotatable bonds is 14. The van der Waals surface area contributed by atoms with Crippen LogP contribution in [0.1, 0.15) is 80.1 Å². The topological polar surface area (TPSA) is 121 Å². The monoisotopic (exact) mass is 763 g/mol. The number of amides is 2. The van der Waals surface area contributed by atoms with E-state index in [1.807, 2.05) is 98.1 Å². The molecule has 292 valence electrons. The molecule has 3 atom stereocenters. The largest absolute Gasteiger partial charge is 0.454 e. The number of aliphatic hydroxyl groups excluding tert-OH is 1. The fourth-order valence-corrected chi connectivity index (χ4v) is 7.54. The zero-order chi connectivity index (χ0) is 40.1. The van der Waals surface area contributed by atoms with Crippen molar-refractivity contribution in [3.63, 3.8) is 0 Å². The van der Waals surface area contributed by atoms with Crippen molar-refractivity contribution in [2.45, 2.75) is 65.0 Å². The Morgan fingerprint density at radius 3 is 2.39 bits per heavy atom. The van der Waals surface area contributed by atoms with E-state index in [1.54, 1.807) is 38.7 Å². The Morgan fingerprint density at radius 1 is 0.877 bits per heavy atom. The van der Waals surface area contributed by atoms with Gasteiger partial charge in [0.25, 0.3) is 11.8 Å². The molecule has 57 heavy (non-hydrogen) atoms. The number of para-hydroxylation sites is 3. The number of ether oxygens (including phenoxy) is 1. The van der Waals surface area contributed by atoms with Crippen molar-refractivity contribution in [2.24, 2.45) is 5.92 Å². The molecule has 0 aliphatic carbocycles. The van der Waals surface area contributed by atoms with Crippen LogP contribution in [0.5, 0.6) is 11.5 Å². The third-order valence-corrected chi connectivity index (χ3v) is 10.8. The number of carbonyl (C=O) groups is 2. The Morgan fingerprint density at radius 2 is 1.61 bits per heavy atom. The van der Waals surface area contributed by atoms with E-state index in [9.17, 15) is 19.8 Å². The predicted molar refractivity (Wildman–Crippen MR) is 223 cm³/mol. The molecule has 2 amide bonds. The van der Waals surface area contributed by atoms with Gasteiger partial charge < -0.3 is 19.8 Å². The van der Waals surface area contributed by atoms with Crippen molar-refractivity contribution >= 4 is 28.9 Å². The van der Waals surface area contributed by atoms with Gasteiger partial charge in [-0.15, -0.1) is 5.10 Å². The van der Waals surface area contributed by atoms with Gasteiger partial charge in [-0.05, 0) is 88.1 Å². The smallest absolute Gasteiger partial charge is 0.266 e. The Labute approximate surface area is 334 Å². The van der Waals surface area contributed by atoms with Crippen molar-refractivity contribution < 1.29 is 24.5 Å². The third-order valence-electron chi connectivity index (χ3n) is 10.8. The average Bonchev–Trinajstić information content (AvgIpc) is 3.73. The number of aliphatic hydroxyl groups is 2. The summed E-state index contributed by atoms with van der Waals surface area (Å²) in [6, 6.07) is 29.6. The zero-order valence-electron chi connectivity index (χ0n) is 32.9. The van der Waals surface area contributed by atoms with Gasteiger partial charge in [-0.2, -0.15) is 0 Å². The quantitative estimate of drug-likeness (QED) is 0.108. The molecule has 7 rings (SSSR count). The summed E-state index contributed by atoms with van der Waals surface area (Å²) in [5.41, 5.74) is 4.62. The van der Waals surface area contributed by atoms with Crippen LogP contribution >= 0.6 is 0 Å². The third kappa shape index (κ3) is 7.96. The minimum atomic E-state index is -1.92. The lowest BCUT2D eigenvalue weighted by atomic mass is 9.82. The highest BCUT2D eigenvalue weighted by Crippen LogP contribution is 2.49. The van der Waals surface area contributed by atoms with Crippen molar-refractivity contribution in [1.29, 1.82) is 0 Å². The first kappa shape index (κ1) is 39.1. The Balaban J connectivity index is 1.18. The lowest BCUT2D eigenvalue weighted by Gasteiger charge is -2.28. The lowest BCUT2D eigenvalue weighted by Crippen LogP contribution is -2.44. The number of hydrogen-bond acceptors (Lipinski definition) is 7.